The van der Waals surface area contributed by atoms with Crippen molar-refractivity contribution in [3.8, 4) is 11.5 Å². The van der Waals surface area contributed by atoms with Crippen molar-refractivity contribution >= 4 is 17.6 Å². The summed E-state index contributed by atoms with van der Waals surface area (Å²) in [6, 6.07) is 12.8. The first-order valence-electron chi connectivity index (χ1n) is 5.80. The van der Waals surface area contributed by atoms with Crippen molar-refractivity contribution in [2.24, 2.45) is 0 Å². The zero-order valence-corrected chi connectivity index (χ0v) is 10.6. The number of non-ortho nitro benzene ring substituents is 1. The maximum Gasteiger partial charge on any atom is 0.423 e. The van der Waals surface area contributed by atoms with E-state index in [1.807, 2.05) is 0 Å². The molecule has 106 valence electrons. The Morgan fingerprint density at radius 1 is 0.810 bits per heavy atom. The summed E-state index contributed by atoms with van der Waals surface area (Å²) in [7, 11) is 0. The number of rotatable bonds is 3. The molecule has 0 bridgehead atoms. The lowest BCUT2D eigenvalue weighted by Gasteiger charge is -2.04. The predicted octanol–water partition coefficient (Wildman–Crippen LogP) is 2.11. The smallest absolute Gasteiger partial charge is 0.418 e. The highest BCUT2D eigenvalue weighted by molar-refractivity contribution is 6.31. The Bertz CT molecular complexity index is 666. The molecule has 0 heterocycles. The van der Waals surface area contributed by atoms with Crippen LogP contribution >= 0.6 is 0 Å². The molecule has 0 atom stereocenters. The highest BCUT2D eigenvalue weighted by Gasteiger charge is 2.19. The van der Waals surface area contributed by atoms with Gasteiger partial charge in [-0.25, -0.2) is 9.59 Å². The summed E-state index contributed by atoms with van der Waals surface area (Å²) < 4.78 is 9.54. The van der Waals surface area contributed by atoms with Gasteiger partial charge in [-0.05, 0) is 24.3 Å². The van der Waals surface area contributed by atoms with E-state index in [2.05, 4.69) is 0 Å². The average Bonchev–Trinajstić information content (AvgIpc) is 2.48. The largest absolute Gasteiger partial charge is 0.423 e. The van der Waals surface area contributed by atoms with E-state index in [4.69, 9.17) is 9.47 Å². The summed E-state index contributed by atoms with van der Waals surface area (Å²) in [5, 5.41) is 10.5. The van der Waals surface area contributed by atoms with Gasteiger partial charge in [-0.3, -0.25) is 10.1 Å². The normalized spacial score (nSPS) is 9.71. The van der Waals surface area contributed by atoms with Crippen molar-refractivity contribution in [3.63, 3.8) is 0 Å². The van der Waals surface area contributed by atoms with E-state index in [0.717, 1.165) is 12.1 Å². The molecule has 0 N–H and O–H groups in total. The third-order valence-corrected chi connectivity index (χ3v) is 2.38. The van der Waals surface area contributed by atoms with Crippen molar-refractivity contribution in [1.82, 2.24) is 0 Å². The second-order valence-electron chi connectivity index (χ2n) is 3.84. The number of carbonyl (C=O) groups excluding carboxylic acids is 2. The minimum atomic E-state index is -1.22. The van der Waals surface area contributed by atoms with Gasteiger partial charge < -0.3 is 9.47 Å². The molecule has 0 aromatic heterocycles. The highest BCUT2D eigenvalue weighted by Crippen LogP contribution is 2.17. The number of nitro groups is 1. The van der Waals surface area contributed by atoms with Crippen molar-refractivity contribution in [1.29, 1.82) is 0 Å². The molecule has 0 aliphatic rings. The predicted molar refractivity (Wildman–Crippen MR) is 70.8 cm³/mol. The van der Waals surface area contributed by atoms with E-state index >= 15 is 0 Å². The second kappa shape index (κ2) is 6.29. The molecule has 2 rings (SSSR count). The van der Waals surface area contributed by atoms with Crippen LogP contribution in [0.15, 0.2) is 54.6 Å². The number of esters is 2. The van der Waals surface area contributed by atoms with Crippen LogP contribution < -0.4 is 9.47 Å². The molecule has 2 aromatic rings. The second-order valence-corrected chi connectivity index (χ2v) is 3.84. The first-order valence-corrected chi connectivity index (χ1v) is 5.80. The van der Waals surface area contributed by atoms with Crippen molar-refractivity contribution < 1.29 is 24.0 Å². The molecule has 0 spiro atoms. The van der Waals surface area contributed by atoms with Gasteiger partial charge >= 0.3 is 11.9 Å². The molecular weight excluding hydrogens is 278 g/mol. The number of nitrogens with zero attached hydrogens (tertiary/aromatic N) is 1. The van der Waals surface area contributed by atoms with Crippen LogP contribution in [-0.2, 0) is 9.59 Å². The third-order valence-electron chi connectivity index (χ3n) is 2.38. The molecule has 21 heavy (non-hydrogen) atoms. The van der Waals surface area contributed by atoms with Crippen molar-refractivity contribution in [2.45, 2.75) is 0 Å². The highest BCUT2D eigenvalue weighted by atomic mass is 16.6. The number of ether oxygens (including phenoxy) is 2. The molecule has 0 unspecified atom stereocenters. The van der Waals surface area contributed by atoms with Gasteiger partial charge in [-0.2, -0.15) is 0 Å². The van der Waals surface area contributed by atoms with Crippen LogP contribution in [0.25, 0.3) is 0 Å². The Labute approximate surface area is 118 Å². The minimum Gasteiger partial charge on any atom is -0.418 e. The maximum absolute atomic E-state index is 11.5. The van der Waals surface area contributed by atoms with Crippen molar-refractivity contribution in [2.75, 3.05) is 0 Å². The SMILES string of the molecule is O=C(Oc1ccccc1)C(=O)Oc1ccc([N+](=O)[O-])cc1. The van der Waals surface area contributed by atoms with Crippen LogP contribution in [0, 0.1) is 10.1 Å². The van der Waals surface area contributed by atoms with Gasteiger partial charge in [0, 0.05) is 12.1 Å². The first-order chi connectivity index (χ1) is 10.1. The van der Waals surface area contributed by atoms with E-state index in [0.29, 0.717) is 0 Å². The Kier molecular flexibility index (Phi) is 4.25. The fourth-order valence-corrected chi connectivity index (χ4v) is 1.42. The zero-order valence-electron chi connectivity index (χ0n) is 10.6. The molecule has 0 fully saturated rings. The van der Waals surface area contributed by atoms with Crippen LogP contribution in [0.2, 0.25) is 0 Å². The summed E-state index contributed by atoms with van der Waals surface area (Å²) >= 11 is 0. The van der Waals surface area contributed by atoms with Gasteiger partial charge in [-0.1, -0.05) is 18.2 Å². The van der Waals surface area contributed by atoms with E-state index in [1.54, 1.807) is 18.2 Å². The van der Waals surface area contributed by atoms with Crippen LogP contribution in [0.3, 0.4) is 0 Å². The first kappa shape index (κ1) is 14.2. The molecule has 0 aliphatic heterocycles. The van der Waals surface area contributed by atoms with E-state index in [1.165, 1.54) is 24.3 Å². The summed E-state index contributed by atoms with van der Waals surface area (Å²) in [4.78, 5) is 32.9. The van der Waals surface area contributed by atoms with Gasteiger partial charge in [0.15, 0.2) is 0 Å². The Hall–Kier alpha value is -3.22. The standard InChI is InChI=1S/C14H9NO6/c16-13(20-11-4-2-1-3-5-11)14(17)21-12-8-6-10(7-9-12)15(18)19/h1-9H. The van der Waals surface area contributed by atoms with Gasteiger partial charge in [0.25, 0.3) is 5.69 Å². The fraction of sp³-hybridized carbons (Fsp3) is 0. The molecule has 0 radical (unpaired) electrons. The molecule has 0 saturated carbocycles. The summed E-state index contributed by atoms with van der Waals surface area (Å²) in [6.07, 6.45) is 0. The zero-order chi connectivity index (χ0) is 15.2. The number of hydrogen-bond acceptors (Lipinski definition) is 6. The molecule has 7 heteroatoms. The maximum atomic E-state index is 11.5. The lowest BCUT2D eigenvalue weighted by Crippen LogP contribution is -2.25. The number of nitro benzene ring substituents is 1. The lowest BCUT2D eigenvalue weighted by atomic mass is 10.3. The van der Waals surface area contributed by atoms with E-state index in [9.17, 15) is 19.7 Å². The number of carbonyl (C=O) groups is 2. The number of benzene rings is 2. The average molecular weight is 287 g/mol. The Morgan fingerprint density at radius 3 is 1.76 bits per heavy atom. The van der Waals surface area contributed by atoms with Crippen molar-refractivity contribution in [3.05, 3.63) is 64.7 Å². The molecule has 0 amide bonds. The Morgan fingerprint density at radius 2 is 1.29 bits per heavy atom. The quantitative estimate of drug-likeness (QED) is 0.282. The molecule has 0 aliphatic carbocycles. The van der Waals surface area contributed by atoms with Gasteiger partial charge in [0.05, 0.1) is 4.92 Å². The third kappa shape index (κ3) is 3.87. The van der Waals surface area contributed by atoms with E-state index in [-0.39, 0.29) is 17.2 Å². The summed E-state index contributed by atoms with van der Waals surface area (Å²) in [5.41, 5.74) is -0.151. The van der Waals surface area contributed by atoms with E-state index < -0.39 is 16.9 Å². The minimum absolute atomic E-state index is 0.00983. The van der Waals surface area contributed by atoms with Crippen LogP contribution in [0.1, 0.15) is 0 Å². The number of para-hydroxylation sites is 1. The topological polar surface area (TPSA) is 95.7 Å². The lowest BCUT2D eigenvalue weighted by molar-refractivity contribution is -0.384. The van der Waals surface area contributed by atoms with Gasteiger partial charge in [0.2, 0.25) is 0 Å². The summed E-state index contributed by atoms with van der Waals surface area (Å²) in [5.74, 6) is -2.17. The molecular formula is C14H9NO6. The van der Waals surface area contributed by atoms with Crippen LogP contribution in [-0.4, -0.2) is 16.9 Å². The fourth-order valence-electron chi connectivity index (χ4n) is 1.42. The monoisotopic (exact) mass is 287 g/mol. The van der Waals surface area contributed by atoms with Gasteiger partial charge in [-0.15, -0.1) is 0 Å². The summed E-state index contributed by atoms with van der Waals surface area (Å²) in [6.45, 7) is 0. The van der Waals surface area contributed by atoms with Crippen LogP contribution in [0.4, 0.5) is 5.69 Å². The molecule has 2 aromatic carbocycles. The Balaban J connectivity index is 1.97. The molecule has 0 saturated heterocycles. The van der Waals surface area contributed by atoms with Crippen LogP contribution in [0.5, 0.6) is 11.5 Å². The molecule has 7 nitrogen and oxygen atoms in total. The van der Waals surface area contributed by atoms with Gasteiger partial charge in [0.1, 0.15) is 11.5 Å². The number of hydrogen-bond donors (Lipinski definition) is 0.